The van der Waals surface area contributed by atoms with E-state index in [2.05, 4.69) is 4.98 Å². The Labute approximate surface area is 153 Å². The van der Waals surface area contributed by atoms with Gasteiger partial charge in [-0.05, 0) is 31.7 Å². The van der Waals surface area contributed by atoms with Crippen LogP contribution in [0.3, 0.4) is 0 Å². The van der Waals surface area contributed by atoms with E-state index in [4.69, 9.17) is 11.6 Å². The molecule has 7 heteroatoms. The highest BCUT2D eigenvalue weighted by Crippen LogP contribution is 2.24. The van der Waals surface area contributed by atoms with E-state index in [-0.39, 0.29) is 11.8 Å². The van der Waals surface area contributed by atoms with Gasteiger partial charge in [0.1, 0.15) is 5.82 Å². The number of carbonyl (C=O) groups excluding carboxylic acids is 2. The quantitative estimate of drug-likeness (QED) is 0.805. The zero-order chi connectivity index (χ0) is 17.8. The third-order valence-electron chi connectivity index (χ3n) is 4.95. The van der Waals surface area contributed by atoms with Crippen LogP contribution in [0.5, 0.6) is 0 Å². The molecule has 2 aliphatic heterocycles. The van der Waals surface area contributed by atoms with Crippen LogP contribution in [0.2, 0.25) is 5.02 Å². The highest BCUT2D eigenvalue weighted by molar-refractivity contribution is 6.33. The lowest BCUT2D eigenvalue weighted by Crippen LogP contribution is -2.36. The van der Waals surface area contributed by atoms with Crippen LogP contribution in [-0.4, -0.2) is 66.4 Å². The van der Waals surface area contributed by atoms with Gasteiger partial charge in [0.15, 0.2) is 0 Å². The van der Waals surface area contributed by atoms with Gasteiger partial charge in [0.25, 0.3) is 5.91 Å². The second kappa shape index (κ2) is 8.04. The van der Waals surface area contributed by atoms with Crippen LogP contribution in [0, 0.1) is 0 Å². The number of nitrogens with zero attached hydrogens (tertiary/aromatic N) is 4. The minimum atomic E-state index is 0.00552. The molecule has 2 amide bonds. The van der Waals surface area contributed by atoms with Crippen LogP contribution < -0.4 is 4.90 Å². The molecule has 136 valence electrons. The van der Waals surface area contributed by atoms with Gasteiger partial charge in [-0.25, -0.2) is 4.98 Å². The number of anilines is 1. The van der Waals surface area contributed by atoms with E-state index in [1.165, 1.54) is 6.42 Å². The van der Waals surface area contributed by atoms with E-state index >= 15 is 0 Å². The molecule has 3 heterocycles. The van der Waals surface area contributed by atoms with Crippen molar-refractivity contribution in [2.45, 2.75) is 32.1 Å². The summed E-state index contributed by atoms with van der Waals surface area (Å²) < 4.78 is 0. The topological polar surface area (TPSA) is 56.8 Å². The first-order chi connectivity index (χ1) is 12.1. The summed E-state index contributed by atoms with van der Waals surface area (Å²) in [5.74, 6) is 0.865. The van der Waals surface area contributed by atoms with Gasteiger partial charge >= 0.3 is 0 Å². The molecule has 1 aromatic heterocycles. The summed E-state index contributed by atoms with van der Waals surface area (Å²) in [7, 11) is 1.90. The van der Waals surface area contributed by atoms with Crippen LogP contribution in [-0.2, 0) is 4.79 Å². The maximum atomic E-state index is 12.5. The van der Waals surface area contributed by atoms with Crippen molar-refractivity contribution in [3.8, 4) is 0 Å². The summed E-state index contributed by atoms with van der Waals surface area (Å²) in [6.45, 7) is 3.78. The fourth-order valence-electron chi connectivity index (χ4n) is 3.43. The molecule has 0 aliphatic carbocycles. The SMILES string of the molecule is CN(CCN1CCCC1=O)c1ncc(C(=O)N2CCCCC2)cc1Cl. The average Bonchev–Trinajstić information content (AvgIpc) is 3.04. The molecule has 0 radical (unpaired) electrons. The second-order valence-electron chi connectivity index (χ2n) is 6.79. The Kier molecular flexibility index (Phi) is 5.78. The number of rotatable bonds is 5. The number of likely N-dealkylation sites (N-methyl/N-ethyl adjacent to an activating group) is 1. The minimum absolute atomic E-state index is 0.00552. The van der Waals surface area contributed by atoms with Gasteiger partial charge in [0, 0.05) is 52.4 Å². The van der Waals surface area contributed by atoms with E-state index in [0.717, 1.165) is 38.9 Å². The Balaban J connectivity index is 1.62. The Morgan fingerprint density at radius 2 is 2.00 bits per heavy atom. The third kappa shape index (κ3) is 4.24. The number of hydrogen-bond donors (Lipinski definition) is 0. The van der Waals surface area contributed by atoms with Crippen molar-refractivity contribution in [2.75, 3.05) is 44.7 Å². The van der Waals surface area contributed by atoms with E-state index in [0.29, 0.717) is 35.9 Å². The Morgan fingerprint density at radius 3 is 2.64 bits per heavy atom. The van der Waals surface area contributed by atoms with Crippen molar-refractivity contribution >= 4 is 29.2 Å². The third-order valence-corrected chi connectivity index (χ3v) is 5.23. The molecule has 25 heavy (non-hydrogen) atoms. The highest BCUT2D eigenvalue weighted by atomic mass is 35.5. The van der Waals surface area contributed by atoms with Gasteiger partial charge in [0.2, 0.25) is 5.91 Å². The van der Waals surface area contributed by atoms with Crippen LogP contribution in [0.4, 0.5) is 5.82 Å². The predicted octanol–water partition coefficient (Wildman–Crippen LogP) is 2.42. The zero-order valence-corrected chi connectivity index (χ0v) is 15.5. The van der Waals surface area contributed by atoms with Gasteiger partial charge in [-0.1, -0.05) is 11.6 Å². The van der Waals surface area contributed by atoms with Gasteiger partial charge in [-0.3, -0.25) is 9.59 Å². The molecule has 0 saturated carbocycles. The van der Waals surface area contributed by atoms with Gasteiger partial charge in [-0.2, -0.15) is 0 Å². The molecule has 1 aromatic rings. The number of aromatic nitrogens is 1. The van der Waals surface area contributed by atoms with E-state index in [1.54, 1.807) is 12.3 Å². The van der Waals surface area contributed by atoms with Crippen molar-refractivity contribution in [2.24, 2.45) is 0 Å². The van der Waals surface area contributed by atoms with E-state index in [1.807, 2.05) is 21.7 Å². The predicted molar refractivity (Wildman–Crippen MR) is 98.1 cm³/mol. The molecule has 2 fully saturated rings. The molecule has 0 N–H and O–H groups in total. The summed E-state index contributed by atoms with van der Waals surface area (Å²) in [4.78, 5) is 34.3. The van der Waals surface area contributed by atoms with Crippen molar-refractivity contribution < 1.29 is 9.59 Å². The molecule has 2 aliphatic rings. The number of halogens is 1. The van der Waals surface area contributed by atoms with E-state index < -0.39 is 0 Å². The van der Waals surface area contributed by atoms with Crippen LogP contribution in [0.15, 0.2) is 12.3 Å². The van der Waals surface area contributed by atoms with Crippen molar-refractivity contribution in [3.63, 3.8) is 0 Å². The minimum Gasteiger partial charge on any atom is -0.357 e. The lowest BCUT2D eigenvalue weighted by atomic mass is 10.1. The van der Waals surface area contributed by atoms with Crippen molar-refractivity contribution in [3.05, 3.63) is 22.8 Å². The number of pyridine rings is 1. The van der Waals surface area contributed by atoms with Gasteiger partial charge in [0.05, 0.1) is 10.6 Å². The number of likely N-dealkylation sites (tertiary alicyclic amines) is 2. The summed E-state index contributed by atoms with van der Waals surface area (Å²) in [5, 5.41) is 0.470. The molecular weight excluding hydrogens is 340 g/mol. The smallest absolute Gasteiger partial charge is 0.255 e. The number of hydrogen-bond acceptors (Lipinski definition) is 4. The summed E-state index contributed by atoms with van der Waals surface area (Å²) in [6.07, 6.45) is 6.50. The average molecular weight is 365 g/mol. The number of carbonyl (C=O) groups is 2. The number of piperidine rings is 1. The molecule has 0 atom stereocenters. The molecule has 0 unspecified atom stereocenters. The van der Waals surface area contributed by atoms with Gasteiger partial charge in [-0.15, -0.1) is 0 Å². The standard InChI is InChI=1S/C18H25ClN4O2/c1-21(10-11-22-9-5-6-16(22)24)17-15(19)12-14(13-20-17)18(25)23-7-3-2-4-8-23/h12-13H,2-11H2,1H3. The first-order valence-electron chi connectivity index (χ1n) is 9.00. The Hall–Kier alpha value is -1.82. The summed E-state index contributed by atoms with van der Waals surface area (Å²) in [5.41, 5.74) is 0.541. The molecular formula is C18H25ClN4O2. The monoisotopic (exact) mass is 364 g/mol. The molecule has 6 nitrogen and oxygen atoms in total. The Morgan fingerprint density at radius 1 is 1.24 bits per heavy atom. The van der Waals surface area contributed by atoms with Crippen LogP contribution >= 0.6 is 11.6 Å². The lowest BCUT2D eigenvalue weighted by Gasteiger charge is -2.27. The highest BCUT2D eigenvalue weighted by Gasteiger charge is 2.22. The summed E-state index contributed by atoms with van der Waals surface area (Å²) in [6, 6.07) is 1.71. The normalized spacial score (nSPS) is 17.9. The number of amides is 2. The molecule has 3 rings (SSSR count). The zero-order valence-electron chi connectivity index (χ0n) is 14.7. The van der Waals surface area contributed by atoms with Crippen LogP contribution in [0.25, 0.3) is 0 Å². The largest absolute Gasteiger partial charge is 0.357 e. The van der Waals surface area contributed by atoms with Gasteiger partial charge < -0.3 is 14.7 Å². The molecule has 0 bridgehead atoms. The lowest BCUT2D eigenvalue weighted by molar-refractivity contribution is -0.127. The maximum absolute atomic E-state index is 12.5. The van der Waals surface area contributed by atoms with E-state index in [9.17, 15) is 9.59 Å². The van der Waals surface area contributed by atoms with Crippen molar-refractivity contribution in [1.82, 2.24) is 14.8 Å². The fraction of sp³-hybridized carbons (Fsp3) is 0.611. The Bertz CT molecular complexity index is 646. The maximum Gasteiger partial charge on any atom is 0.255 e. The molecule has 0 aromatic carbocycles. The first-order valence-corrected chi connectivity index (χ1v) is 9.38. The van der Waals surface area contributed by atoms with Crippen molar-refractivity contribution in [1.29, 1.82) is 0 Å². The molecule has 2 saturated heterocycles. The first kappa shape index (κ1) is 18.0. The molecule has 0 spiro atoms. The fourth-order valence-corrected chi connectivity index (χ4v) is 3.74. The van der Waals surface area contributed by atoms with Crippen LogP contribution in [0.1, 0.15) is 42.5 Å². The second-order valence-corrected chi connectivity index (χ2v) is 7.20. The summed E-state index contributed by atoms with van der Waals surface area (Å²) >= 11 is 6.38.